The number of alkyl halides is 1. The van der Waals surface area contributed by atoms with E-state index in [-0.39, 0.29) is 25.1 Å². The summed E-state index contributed by atoms with van der Waals surface area (Å²) < 4.78 is 17.1. The van der Waals surface area contributed by atoms with Crippen molar-refractivity contribution in [1.29, 1.82) is 0 Å². The van der Waals surface area contributed by atoms with E-state index < -0.39 is 46.6 Å². The van der Waals surface area contributed by atoms with Gasteiger partial charge in [-0.3, -0.25) is 19.1 Å². The third kappa shape index (κ3) is 6.99. The zero-order chi connectivity index (χ0) is 22.5. The van der Waals surface area contributed by atoms with Crippen molar-refractivity contribution in [3.05, 3.63) is 37.6 Å². The summed E-state index contributed by atoms with van der Waals surface area (Å²) in [5, 5.41) is 1.76. The third-order valence-corrected chi connectivity index (χ3v) is 4.62. The van der Waals surface area contributed by atoms with Crippen LogP contribution in [0.25, 0.3) is 6.08 Å². The second kappa shape index (κ2) is 10.3. The van der Waals surface area contributed by atoms with Gasteiger partial charge in [0, 0.05) is 12.6 Å². The Bertz CT molecular complexity index is 922. The summed E-state index contributed by atoms with van der Waals surface area (Å²) in [5.41, 5.74) is -1.60. The van der Waals surface area contributed by atoms with Gasteiger partial charge in [0.05, 0.1) is 10.9 Å². The van der Waals surface area contributed by atoms with Crippen molar-refractivity contribution in [3.63, 3.8) is 0 Å². The van der Waals surface area contributed by atoms with Crippen molar-refractivity contribution in [3.8, 4) is 0 Å². The molecule has 12 heteroatoms. The van der Waals surface area contributed by atoms with Crippen LogP contribution in [0.2, 0.25) is 0 Å². The molecule has 1 amide bonds. The zero-order valence-corrected chi connectivity index (χ0v) is 19.0. The van der Waals surface area contributed by atoms with E-state index in [1.54, 1.807) is 20.8 Å². The Kier molecular flexibility index (Phi) is 8.27. The van der Waals surface area contributed by atoms with Crippen LogP contribution >= 0.6 is 27.5 Å². The highest BCUT2D eigenvalue weighted by molar-refractivity contribution is 9.11. The minimum Gasteiger partial charge on any atom is -0.462 e. The lowest BCUT2D eigenvalue weighted by Crippen LogP contribution is -2.37. The van der Waals surface area contributed by atoms with Gasteiger partial charge in [-0.1, -0.05) is 15.9 Å². The topological polar surface area (TPSA) is 129 Å². The maximum absolute atomic E-state index is 12.1. The number of H-pyrrole nitrogens is 1. The lowest BCUT2D eigenvalue weighted by Gasteiger charge is -2.19. The Balaban J connectivity index is 1.91. The van der Waals surface area contributed by atoms with Crippen LogP contribution in [-0.2, 0) is 19.0 Å². The fourth-order valence-electron chi connectivity index (χ4n) is 2.60. The van der Waals surface area contributed by atoms with Gasteiger partial charge >= 0.3 is 17.8 Å². The van der Waals surface area contributed by atoms with Crippen LogP contribution in [0, 0.1) is 0 Å². The molecular formula is C18H23BrClN3O7. The van der Waals surface area contributed by atoms with E-state index >= 15 is 0 Å². The SMILES string of the molecule is CC(C)(C)OC(=O)NCC(=O)OCC1OC(n2cc(/C=C/Br)c(=O)[nH]c2=O)CC1Cl. The summed E-state index contributed by atoms with van der Waals surface area (Å²) in [6.07, 6.45) is 0.978. The average molecular weight is 509 g/mol. The molecule has 0 radical (unpaired) electrons. The Labute approximate surface area is 185 Å². The van der Waals surface area contributed by atoms with E-state index in [9.17, 15) is 19.2 Å². The number of nitrogens with one attached hydrogen (secondary N) is 2. The summed E-state index contributed by atoms with van der Waals surface area (Å²) in [7, 11) is 0. The van der Waals surface area contributed by atoms with Crippen LogP contribution in [-0.4, -0.2) is 51.8 Å². The van der Waals surface area contributed by atoms with Gasteiger partial charge in [-0.2, -0.15) is 0 Å². The molecule has 2 rings (SSSR count). The summed E-state index contributed by atoms with van der Waals surface area (Å²) in [4.78, 5) is 51.0. The summed E-state index contributed by atoms with van der Waals surface area (Å²) >= 11 is 9.36. The summed E-state index contributed by atoms with van der Waals surface area (Å²) in [6.45, 7) is 4.57. The smallest absolute Gasteiger partial charge is 0.408 e. The highest BCUT2D eigenvalue weighted by Gasteiger charge is 2.36. The molecule has 30 heavy (non-hydrogen) atoms. The predicted molar refractivity (Wildman–Crippen MR) is 113 cm³/mol. The van der Waals surface area contributed by atoms with Crippen molar-refractivity contribution in [1.82, 2.24) is 14.9 Å². The first-order valence-electron chi connectivity index (χ1n) is 9.04. The molecule has 166 valence electrons. The molecule has 3 atom stereocenters. The van der Waals surface area contributed by atoms with Gasteiger partial charge in [0.25, 0.3) is 5.56 Å². The van der Waals surface area contributed by atoms with Crippen LogP contribution in [0.5, 0.6) is 0 Å². The number of esters is 1. The van der Waals surface area contributed by atoms with Gasteiger partial charge in [-0.15, -0.1) is 11.6 Å². The lowest BCUT2D eigenvalue weighted by atomic mass is 10.2. The number of carbonyl (C=O) groups is 2. The maximum Gasteiger partial charge on any atom is 0.408 e. The Morgan fingerprint density at radius 2 is 2.13 bits per heavy atom. The minimum atomic E-state index is -0.738. The Morgan fingerprint density at radius 1 is 1.43 bits per heavy atom. The molecule has 1 fully saturated rings. The molecule has 0 saturated carbocycles. The summed E-state index contributed by atoms with van der Waals surface area (Å²) in [5.74, 6) is -0.692. The number of aromatic amines is 1. The third-order valence-electron chi connectivity index (χ3n) is 3.89. The van der Waals surface area contributed by atoms with Gasteiger partial charge in [0.2, 0.25) is 0 Å². The molecular weight excluding hydrogens is 486 g/mol. The van der Waals surface area contributed by atoms with E-state index in [0.29, 0.717) is 0 Å². The monoisotopic (exact) mass is 507 g/mol. The average Bonchev–Trinajstić information content (AvgIpc) is 2.99. The van der Waals surface area contributed by atoms with Gasteiger partial charge in [-0.25, -0.2) is 9.59 Å². The molecule has 0 aliphatic carbocycles. The van der Waals surface area contributed by atoms with E-state index in [1.165, 1.54) is 21.8 Å². The molecule has 1 aromatic rings. The van der Waals surface area contributed by atoms with Crippen LogP contribution in [0.1, 0.15) is 39.0 Å². The fourth-order valence-corrected chi connectivity index (χ4v) is 3.17. The lowest BCUT2D eigenvalue weighted by molar-refractivity contribution is -0.147. The number of nitrogens with zero attached hydrogens (tertiary/aromatic N) is 1. The molecule has 10 nitrogen and oxygen atoms in total. The van der Waals surface area contributed by atoms with Crippen molar-refractivity contribution < 1.29 is 23.8 Å². The highest BCUT2D eigenvalue weighted by atomic mass is 79.9. The van der Waals surface area contributed by atoms with Crippen molar-refractivity contribution in [2.75, 3.05) is 13.2 Å². The molecule has 0 aromatic carbocycles. The number of alkyl carbamates (subject to hydrolysis) is 1. The fraction of sp³-hybridized carbons (Fsp3) is 0.556. The number of ether oxygens (including phenoxy) is 3. The molecule has 2 heterocycles. The number of hydrogen-bond donors (Lipinski definition) is 2. The molecule has 1 aliphatic rings. The van der Waals surface area contributed by atoms with Crippen LogP contribution in [0.3, 0.4) is 0 Å². The van der Waals surface area contributed by atoms with Crippen molar-refractivity contribution in [2.45, 2.75) is 50.5 Å². The van der Waals surface area contributed by atoms with Crippen molar-refractivity contribution >= 4 is 45.7 Å². The second-order valence-electron chi connectivity index (χ2n) is 7.46. The molecule has 2 N–H and O–H groups in total. The molecule has 1 saturated heterocycles. The molecule has 1 aliphatic heterocycles. The van der Waals surface area contributed by atoms with Crippen molar-refractivity contribution in [2.24, 2.45) is 0 Å². The quantitative estimate of drug-likeness (QED) is 0.443. The Morgan fingerprint density at radius 3 is 2.77 bits per heavy atom. The molecule has 0 bridgehead atoms. The summed E-state index contributed by atoms with van der Waals surface area (Å²) in [6, 6.07) is 0. The second-order valence-corrected chi connectivity index (χ2v) is 8.55. The first-order chi connectivity index (χ1) is 14.0. The Hall–Kier alpha value is -2.11. The zero-order valence-electron chi connectivity index (χ0n) is 16.6. The van der Waals surface area contributed by atoms with E-state index in [2.05, 4.69) is 26.2 Å². The number of rotatable bonds is 6. The number of hydrogen-bond acceptors (Lipinski definition) is 7. The van der Waals surface area contributed by atoms with Crippen LogP contribution < -0.4 is 16.6 Å². The van der Waals surface area contributed by atoms with Crippen LogP contribution in [0.4, 0.5) is 4.79 Å². The highest BCUT2D eigenvalue weighted by Crippen LogP contribution is 2.31. The van der Waals surface area contributed by atoms with Crippen LogP contribution in [0.15, 0.2) is 20.8 Å². The molecule has 0 spiro atoms. The number of halogens is 2. The standard InChI is InChI=1S/C18H23BrClN3O7/c1-18(2,3)30-17(27)21-7-14(24)28-9-12-11(20)6-13(29-12)23-8-10(4-5-19)15(25)22-16(23)26/h4-5,8,11-13H,6-7,9H2,1-3H3,(H,21,27)(H,22,25,26)/b5-4+. The van der Waals surface area contributed by atoms with E-state index in [0.717, 1.165) is 0 Å². The first-order valence-corrected chi connectivity index (χ1v) is 10.4. The molecule has 3 unspecified atom stereocenters. The largest absolute Gasteiger partial charge is 0.462 e. The van der Waals surface area contributed by atoms with Gasteiger partial charge in [0.1, 0.15) is 31.1 Å². The minimum absolute atomic E-state index is 0.161. The number of carbonyl (C=O) groups excluding carboxylic acids is 2. The number of aromatic nitrogens is 2. The maximum atomic E-state index is 12.1. The van der Waals surface area contributed by atoms with Gasteiger partial charge in [0.15, 0.2) is 0 Å². The normalized spacial score (nSPS) is 21.6. The van der Waals surface area contributed by atoms with E-state index in [1.807, 2.05) is 0 Å². The first kappa shape index (κ1) is 24.2. The van der Waals surface area contributed by atoms with Gasteiger partial charge in [-0.05, 0) is 31.8 Å². The molecule has 1 aromatic heterocycles. The predicted octanol–water partition coefficient (Wildman–Crippen LogP) is 1.86. The van der Waals surface area contributed by atoms with Gasteiger partial charge < -0.3 is 19.5 Å². The number of amides is 1. The van der Waals surface area contributed by atoms with E-state index in [4.69, 9.17) is 25.8 Å².